The number of rotatable bonds is 47. The molecule has 1 saturated heterocycles. The van der Waals surface area contributed by atoms with E-state index >= 15 is 0 Å². The van der Waals surface area contributed by atoms with Crippen LogP contribution in [0, 0.1) is 0 Å². The number of hydrogen-bond acceptors (Lipinski definition) is 9. The van der Waals surface area contributed by atoms with Crippen LogP contribution in [0.1, 0.15) is 239 Å². The predicted octanol–water partition coefficient (Wildman–Crippen LogP) is 15.5. The number of alkyl carbamates (subject to hydrolysis) is 1. The Hall–Kier alpha value is -3.66. The Morgan fingerprint density at radius 1 is 0.449 bits per heavy atom. The third-order valence-electron chi connectivity index (χ3n) is 12.5. The Labute approximate surface area is 422 Å². The number of hydrogen-bond donors (Lipinski definition) is 1. The molecule has 0 aromatic heterocycles. The first-order valence-electron chi connectivity index (χ1n) is 28.3. The van der Waals surface area contributed by atoms with Gasteiger partial charge in [0.25, 0.3) is 0 Å². The maximum absolute atomic E-state index is 13.3. The molecule has 1 rings (SSSR count). The normalized spacial score (nSPS) is 14.2. The number of unbranched alkanes of at least 4 members (excludes halogenated alkanes) is 19. The third kappa shape index (κ3) is 44.1. The molecule has 0 aromatic rings. The lowest BCUT2D eigenvalue weighted by molar-refractivity contribution is -0.167. The first kappa shape index (κ1) is 63.4. The quantitative estimate of drug-likeness (QED) is 0.0275. The summed E-state index contributed by atoms with van der Waals surface area (Å²) < 4.78 is 22.8. The van der Waals surface area contributed by atoms with Crippen LogP contribution in [-0.2, 0) is 33.3 Å². The molecule has 0 aromatic carbocycles. The van der Waals surface area contributed by atoms with Gasteiger partial charge in [-0.15, -0.1) is 0 Å². The van der Waals surface area contributed by atoms with E-state index in [0.29, 0.717) is 13.0 Å². The van der Waals surface area contributed by atoms with E-state index in [9.17, 15) is 19.2 Å². The van der Waals surface area contributed by atoms with E-state index in [0.717, 1.165) is 129 Å². The summed E-state index contributed by atoms with van der Waals surface area (Å²) in [5, 5.41) is 2.88. The summed E-state index contributed by atoms with van der Waals surface area (Å²) in [4.78, 5) is 54.0. The topological polar surface area (TPSA) is 120 Å². The van der Waals surface area contributed by atoms with Gasteiger partial charge in [-0.05, 0) is 135 Å². The molecule has 0 saturated carbocycles. The first-order valence-corrected chi connectivity index (χ1v) is 28.3. The van der Waals surface area contributed by atoms with E-state index in [1.807, 2.05) is 0 Å². The van der Waals surface area contributed by atoms with E-state index < -0.39 is 24.3 Å². The summed E-state index contributed by atoms with van der Waals surface area (Å²) >= 11 is 0. The molecule has 10 nitrogen and oxygen atoms in total. The minimum absolute atomic E-state index is 0.00224. The van der Waals surface area contributed by atoms with E-state index in [-0.39, 0.29) is 50.8 Å². The summed E-state index contributed by atoms with van der Waals surface area (Å²) in [6.07, 6.45) is 53.7. The average molecular weight is 967 g/mol. The van der Waals surface area contributed by atoms with Gasteiger partial charge in [-0.2, -0.15) is 0 Å². The monoisotopic (exact) mass is 967 g/mol. The number of esters is 3. The maximum atomic E-state index is 13.3. The van der Waals surface area contributed by atoms with Gasteiger partial charge in [0.05, 0.1) is 0 Å². The molecule has 1 N–H and O–H groups in total. The fourth-order valence-corrected chi connectivity index (χ4v) is 8.13. The zero-order valence-electron chi connectivity index (χ0n) is 44.4. The molecular formula is C59H102N2O8. The van der Waals surface area contributed by atoms with Gasteiger partial charge in [0, 0.05) is 32.4 Å². The zero-order chi connectivity index (χ0) is 49.9. The number of nitrogens with zero attached hydrogens (tertiary/aromatic N) is 1. The molecule has 1 fully saturated rings. The molecule has 0 aliphatic carbocycles. The van der Waals surface area contributed by atoms with Gasteiger partial charge in [0.15, 0.2) is 6.10 Å². The second-order valence-corrected chi connectivity index (χ2v) is 19.0. The van der Waals surface area contributed by atoms with E-state index in [1.165, 1.54) is 77.0 Å². The van der Waals surface area contributed by atoms with Crippen LogP contribution in [0.2, 0.25) is 0 Å². The summed E-state index contributed by atoms with van der Waals surface area (Å²) in [5.41, 5.74) is 0. The highest BCUT2D eigenvalue weighted by Gasteiger charge is 2.22. The van der Waals surface area contributed by atoms with Crippen LogP contribution in [0.25, 0.3) is 0 Å². The number of carbonyl (C=O) groups is 4. The zero-order valence-corrected chi connectivity index (χ0v) is 44.4. The van der Waals surface area contributed by atoms with Crippen molar-refractivity contribution >= 4 is 24.0 Å². The highest BCUT2D eigenvalue weighted by atomic mass is 16.6. The molecule has 0 radical (unpaired) electrons. The molecule has 1 aliphatic heterocycles. The van der Waals surface area contributed by atoms with E-state index in [1.54, 1.807) is 0 Å². The summed E-state index contributed by atoms with van der Waals surface area (Å²) in [7, 11) is 0. The molecule has 0 spiro atoms. The summed E-state index contributed by atoms with van der Waals surface area (Å²) in [5.74, 6) is -1.23. The highest BCUT2D eigenvalue weighted by Crippen LogP contribution is 2.15. The number of nitrogens with one attached hydrogen (secondary N) is 1. The number of ether oxygens (including phenoxy) is 4. The molecule has 2 unspecified atom stereocenters. The largest absolute Gasteiger partial charge is 0.462 e. The minimum Gasteiger partial charge on any atom is -0.462 e. The van der Waals surface area contributed by atoms with Gasteiger partial charge in [-0.25, -0.2) is 4.79 Å². The van der Waals surface area contributed by atoms with E-state index in [2.05, 4.69) is 91.7 Å². The summed E-state index contributed by atoms with van der Waals surface area (Å²) in [6, 6.07) is 0. The highest BCUT2D eigenvalue weighted by molar-refractivity contribution is 5.71. The molecule has 2 atom stereocenters. The number of carbonyl (C=O) groups excluding carboxylic acids is 4. The molecule has 10 heteroatoms. The molecule has 1 aliphatic rings. The lowest BCUT2D eigenvalue weighted by Crippen LogP contribution is -2.35. The standard InChI is InChI=1S/C59H102N2O8/c1-4-7-10-13-16-18-20-22-24-26-28-30-33-36-39-44-56(62)66-52-55(53-67-57(63)45-40-37-34-31-29-27-25-23-21-19-17-14-11-8-5-2)68-58(64)47-46-54(43-38-35-32-15-12-9-6-3)69-59(65)60-48-51-61-49-41-42-50-61/h16-19,22-25,32,35,54-55H,4-15,20-21,26-31,33-34,36-53H2,1-3H3,(H,60,65)/b18-16-,19-17-,24-22-,25-23?,35-32-. The van der Waals surface area contributed by atoms with Gasteiger partial charge >= 0.3 is 24.0 Å². The Kier molecular flexibility index (Phi) is 45.3. The number of amides is 1. The van der Waals surface area contributed by atoms with Crippen LogP contribution in [-0.4, -0.2) is 80.5 Å². The van der Waals surface area contributed by atoms with Crippen molar-refractivity contribution in [3.63, 3.8) is 0 Å². The van der Waals surface area contributed by atoms with Crippen LogP contribution in [0.5, 0.6) is 0 Å². The van der Waals surface area contributed by atoms with Crippen LogP contribution in [0.15, 0.2) is 60.8 Å². The van der Waals surface area contributed by atoms with Gasteiger partial charge in [-0.3, -0.25) is 14.4 Å². The van der Waals surface area contributed by atoms with Crippen molar-refractivity contribution in [3.8, 4) is 0 Å². The molecule has 1 heterocycles. The van der Waals surface area contributed by atoms with Crippen molar-refractivity contribution in [3.05, 3.63) is 60.8 Å². The fourth-order valence-electron chi connectivity index (χ4n) is 8.13. The van der Waals surface area contributed by atoms with Crippen LogP contribution in [0.3, 0.4) is 0 Å². The number of likely N-dealkylation sites (tertiary alicyclic amines) is 1. The van der Waals surface area contributed by atoms with Crippen molar-refractivity contribution in [1.29, 1.82) is 0 Å². The summed E-state index contributed by atoms with van der Waals surface area (Å²) in [6.45, 7) is 9.67. The lowest BCUT2D eigenvalue weighted by Gasteiger charge is -2.21. The Morgan fingerprint density at radius 3 is 1.35 bits per heavy atom. The SMILES string of the molecule is CCCCC/C=C\CC=CCCCCCCCC(=O)OCC(COC(=O)CCCCCCC/C=C\C/C=C\CCCCC)OC(=O)CCC(CC/C=C\CCCCC)OC(=O)NCCN1CCCC1. The predicted molar refractivity (Wildman–Crippen MR) is 286 cm³/mol. The smallest absolute Gasteiger partial charge is 0.407 e. The van der Waals surface area contributed by atoms with Gasteiger partial charge in [-0.1, -0.05) is 159 Å². The molecular weight excluding hydrogens is 865 g/mol. The van der Waals surface area contributed by atoms with Crippen molar-refractivity contribution < 1.29 is 38.1 Å². The Bertz CT molecular complexity index is 1320. The van der Waals surface area contributed by atoms with Gasteiger partial charge in [0.2, 0.25) is 0 Å². The van der Waals surface area contributed by atoms with E-state index in [4.69, 9.17) is 18.9 Å². The van der Waals surface area contributed by atoms with Crippen molar-refractivity contribution in [1.82, 2.24) is 10.2 Å². The van der Waals surface area contributed by atoms with Gasteiger partial charge in [0.1, 0.15) is 19.3 Å². The van der Waals surface area contributed by atoms with Crippen LogP contribution in [0.4, 0.5) is 4.79 Å². The molecule has 1 amide bonds. The van der Waals surface area contributed by atoms with Crippen molar-refractivity contribution in [2.24, 2.45) is 0 Å². The lowest BCUT2D eigenvalue weighted by atomic mass is 10.1. The maximum Gasteiger partial charge on any atom is 0.407 e. The Balaban J connectivity index is 2.61. The first-order chi connectivity index (χ1) is 33.9. The number of allylic oxidation sites excluding steroid dienone is 10. The second kappa shape index (κ2) is 49.3. The van der Waals surface area contributed by atoms with Crippen molar-refractivity contribution in [2.45, 2.75) is 251 Å². The van der Waals surface area contributed by atoms with Gasteiger partial charge < -0.3 is 29.2 Å². The fraction of sp³-hybridized carbons (Fsp3) is 0.763. The van der Waals surface area contributed by atoms with Crippen LogP contribution < -0.4 is 5.32 Å². The molecule has 396 valence electrons. The Morgan fingerprint density at radius 2 is 0.870 bits per heavy atom. The molecule has 69 heavy (non-hydrogen) atoms. The van der Waals surface area contributed by atoms with Crippen LogP contribution >= 0.6 is 0 Å². The minimum atomic E-state index is -0.932. The molecule has 0 bridgehead atoms. The average Bonchev–Trinajstić information content (AvgIpc) is 3.87. The van der Waals surface area contributed by atoms with Crippen molar-refractivity contribution in [2.75, 3.05) is 39.4 Å². The third-order valence-corrected chi connectivity index (χ3v) is 12.5. The second-order valence-electron chi connectivity index (χ2n) is 19.0.